The van der Waals surface area contributed by atoms with E-state index in [-0.39, 0.29) is 0 Å². The van der Waals surface area contributed by atoms with Crippen LogP contribution >= 0.6 is 0 Å². The molecule has 2 aromatic heterocycles. The highest BCUT2D eigenvalue weighted by molar-refractivity contribution is 5.75. The zero-order valence-corrected chi connectivity index (χ0v) is 16.0. The smallest absolute Gasteiger partial charge is 0.223 e. The first kappa shape index (κ1) is 17.6. The average Bonchev–Trinajstić information content (AvgIpc) is 3.35. The van der Waals surface area contributed by atoms with Gasteiger partial charge in [-0.25, -0.2) is 4.68 Å². The van der Waals surface area contributed by atoms with Crippen LogP contribution in [0.2, 0.25) is 0 Å². The van der Waals surface area contributed by atoms with Gasteiger partial charge < -0.3 is 10.1 Å². The highest BCUT2D eigenvalue weighted by Crippen LogP contribution is 2.38. The molecule has 2 aliphatic rings. The number of aromatic nitrogens is 3. The summed E-state index contributed by atoms with van der Waals surface area (Å²) in [5, 5.41) is 7.69. The maximum Gasteiger partial charge on any atom is 0.223 e. The predicted octanol–water partition coefficient (Wildman–Crippen LogP) is 5.21. The maximum absolute atomic E-state index is 5.88. The summed E-state index contributed by atoms with van der Waals surface area (Å²) in [5.41, 5.74) is 4.45. The minimum absolute atomic E-state index is 0.539. The molecule has 5 heteroatoms. The van der Waals surface area contributed by atoms with E-state index in [1.165, 1.54) is 31.2 Å². The lowest BCUT2D eigenvalue weighted by Crippen LogP contribution is -2.10. The molecule has 0 atom stereocenters. The Morgan fingerprint density at radius 3 is 2.63 bits per heavy atom. The summed E-state index contributed by atoms with van der Waals surface area (Å²) in [6, 6.07) is 13.0. The first-order valence-electron chi connectivity index (χ1n) is 9.82. The van der Waals surface area contributed by atoms with Crippen molar-refractivity contribution >= 4 is 5.82 Å². The number of nitrogens with zero attached hydrogens (tertiary/aromatic N) is 3. The second kappa shape index (κ2) is 7.82. The van der Waals surface area contributed by atoms with E-state index in [1.54, 1.807) is 6.20 Å². The van der Waals surface area contributed by atoms with E-state index in [9.17, 15) is 0 Å². The lowest BCUT2D eigenvalue weighted by molar-refractivity contribution is 0.290. The number of unbranched alkanes of at least 4 members (excludes halogenated alkanes) is 1. The molecule has 1 saturated carbocycles. The van der Waals surface area contributed by atoms with Crippen molar-refractivity contribution in [2.24, 2.45) is 0 Å². The fraction of sp³-hybridized carbons (Fsp3) is 0.364. The standard InChI is InChI=1S/C18H16N4O.C4H10/c1-8-19-22(9-1)14-4-5-15-12(10-14)11-23-18-16(15)6-7-17(21-18)20-13-2-3-13;1-3-4-2/h1,4-10,13H,2-3,11H2,(H,20,21);3-4H2,1-2H3. The molecule has 5 rings (SSSR count). The van der Waals surface area contributed by atoms with Crippen molar-refractivity contribution < 1.29 is 4.74 Å². The van der Waals surface area contributed by atoms with Gasteiger partial charge in [0.2, 0.25) is 5.88 Å². The number of pyridine rings is 1. The Labute approximate surface area is 160 Å². The fourth-order valence-electron chi connectivity index (χ4n) is 2.95. The Hall–Kier alpha value is -2.82. The van der Waals surface area contributed by atoms with E-state index in [4.69, 9.17) is 4.74 Å². The number of fused-ring (bicyclic) bond motifs is 3. The number of nitrogens with one attached hydrogen (secondary N) is 1. The summed E-state index contributed by atoms with van der Waals surface area (Å²) < 4.78 is 7.74. The molecule has 1 N–H and O–H groups in total. The van der Waals surface area contributed by atoms with E-state index in [2.05, 4.69) is 53.5 Å². The molecule has 5 nitrogen and oxygen atoms in total. The van der Waals surface area contributed by atoms with Crippen molar-refractivity contribution in [3.05, 3.63) is 54.4 Å². The summed E-state index contributed by atoms with van der Waals surface area (Å²) in [6.45, 7) is 4.90. The molecule has 0 bridgehead atoms. The fourth-order valence-corrected chi connectivity index (χ4v) is 2.95. The molecule has 3 heterocycles. The van der Waals surface area contributed by atoms with Crippen molar-refractivity contribution in [1.82, 2.24) is 14.8 Å². The van der Waals surface area contributed by atoms with Gasteiger partial charge in [0.15, 0.2) is 0 Å². The Bertz CT molecular complexity index is 899. The van der Waals surface area contributed by atoms with Gasteiger partial charge in [0.25, 0.3) is 0 Å². The van der Waals surface area contributed by atoms with Crippen LogP contribution in [0.5, 0.6) is 5.88 Å². The highest BCUT2D eigenvalue weighted by Gasteiger charge is 2.23. The second-order valence-electron chi connectivity index (χ2n) is 7.05. The van der Waals surface area contributed by atoms with Crippen molar-refractivity contribution in [3.8, 4) is 22.7 Å². The molecule has 1 aliphatic heterocycles. The Balaban J connectivity index is 0.000000413. The number of hydrogen-bond acceptors (Lipinski definition) is 4. The van der Waals surface area contributed by atoms with E-state index in [0.717, 1.165) is 28.5 Å². The number of rotatable bonds is 4. The molecule has 1 aromatic carbocycles. The largest absolute Gasteiger partial charge is 0.472 e. The van der Waals surface area contributed by atoms with E-state index in [0.29, 0.717) is 12.6 Å². The predicted molar refractivity (Wildman–Crippen MR) is 108 cm³/mol. The molecule has 1 aliphatic carbocycles. The van der Waals surface area contributed by atoms with Crippen LogP contribution < -0.4 is 10.1 Å². The first-order valence-corrected chi connectivity index (χ1v) is 9.82. The molecule has 0 spiro atoms. The Kier molecular flexibility index (Phi) is 5.10. The van der Waals surface area contributed by atoms with Gasteiger partial charge in [-0.1, -0.05) is 32.8 Å². The number of anilines is 1. The lowest BCUT2D eigenvalue weighted by Gasteiger charge is -2.21. The van der Waals surface area contributed by atoms with E-state index in [1.807, 2.05) is 23.0 Å². The van der Waals surface area contributed by atoms with Crippen LogP contribution in [-0.4, -0.2) is 20.8 Å². The van der Waals surface area contributed by atoms with Crippen LogP contribution in [0, 0.1) is 0 Å². The monoisotopic (exact) mass is 362 g/mol. The molecule has 0 unspecified atom stereocenters. The van der Waals surface area contributed by atoms with Gasteiger partial charge in [0, 0.05) is 24.0 Å². The van der Waals surface area contributed by atoms with Gasteiger partial charge >= 0.3 is 0 Å². The van der Waals surface area contributed by atoms with E-state index < -0.39 is 0 Å². The second-order valence-corrected chi connectivity index (χ2v) is 7.05. The molecule has 140 valence electrons. The zero-order valence-electron chi connectivity index (χ0n) is 16.0. The third-order valence-electron chi connectivity index (χ3n) is 4.80. The highest BCUT2D eigenvalue weighted by atomic mass is 16.5. The lowest BCUT2D eigenvalue weighted by atomic mass is 9.98. The Morgan fingerprint density at radius 2 is 1.93 bits per heavy atom. The van der Waals surface area contributed by atoms with Crippen LogP contribution in [0.15, 0.2) is 48.8 Å². The molecule has 0 amide bonds. The van der Waals surface area contributed by atoms with Gasteiger partial charge in [-0.05, 0) is 54.3 Å². The van der Waals surface area contributed by atoms with Crippen molar-refractivity contribution in [2.75, 3.05) is 5.32 Å². The summed E-state index contributed by atoms with van der Waals surface area (Å²) in [5.74, 6) is 1.62. The topological polar surface area (TPSA) is 52.0 Å². The van der Waals surface area contributed by atoms with Gasteiger partial charge in [0.1, 0.15) is 12.4 Å². The molecular weight excluding hydrogens is 336 g/mol. The van der Waals surface area contributed by atoms with Crippen LogP contribution in [0.4, 0.5) is 5.82 Å². The molecule has 1 fully saturated rings. The molecule has 27 heavy (non-hydrogen) atoms. The number of benzene rings is 1. The third-order valence-corrected chi connectivity index (χ3v) is 4.80. The van der Waals surface area contributed by atoms with Crippen LogP contribution in [0.3, 0.4) is 0 Å². The van der Waals surface area contributed by atoms with E-state index >= 15 is 0 Å². The number of hydrogen-bond donors (Lipinski definition) is 1. The minimum atomic E-state index is 0.539. The molecule has 3 aromatic rings. The normalized spacial score (nSPS) is 14.3. The van der Waals surface area contributed by atoms with Crippen LogP contribution in [0.1, 0.15) is 45.1 Å². The summed E-state index contributed by atoms with van der Waals surface area (Å²) >= 11 is 0. The number of ether oxygens (including phenoxy) is 1. The maximum atomic E-state index is 5.88. The van der Waals surface area contributed by atoms with Crippen molar-refractivity contribution in [3.63, 3.8) is 0 Å². The zero-order chi connectivity index (χ0) is 18.6. The summed E-state index contributed by atoms with van der Waals surface area (Å²) in [7, 11) is 0. The van der Waals surface area contributed by atoms with Gasteiger partial charge in [-0.3, -0.25) is 0 Å². The van der Waals surface area contributed by atoms with Crippen LogP contribution in [0.25, 0.3) is 16.8 Å². The molecular formula is C22H26N4O. The molecule has 0 saturated heterocycles. The SMILES string of the molecule is CCCC.c1cnn(-c2ccc3c(c2)COc2nc(NC4CC4)ccc2-3)c1. The van der Waals surface area contributed by atoms with Gasteiger partial charge in [-0.15, -0.1) is 0 Å². The Morgan fingerprint density at radius 1 is 1.11 bits per heavy atom. The van der Waals surface area contributed by atoms with Crippen LogP contribution in [-0.2, 0) is 6.61 Å². The van der Waals surface area contributed by atoms with Gasteiger partial charge in [0.05, 0.1) is 5.69 Å². The first-order chi connectivity index (χ1) is 13.3. The quantitative estimate of drug-likeness (QED) is 0.692. The summed E-state index contributed by atoms with van der Waals surface area (Å²) in [6.07, 6.45) is 8.83. The summed E-state index contributed by atoms with van der Waals surface area (Å²) in [4.78, 5) is 4.61. The minimum Gasteiger partial charge on any atom is -0.472 e. The van der Waals surface area contributed by atoms with Crippen molar-refractivity contribution in [1.29, 1.82) is 0 Å². The van der Waals surface area contributed by atoms with Gasteiger partial charge in [-0.2, -0.15) is 10.1 Å². The van der Waals surface area contributed by atoms with Crippen molar-refractivity contribution in [2.45, 2.75) is 52.2 Å². The average molecular weight is 362 g/mol. The third kappa shape index (κ3) is 3.97. The molecule has 0 radical (unpaired) electrons.